The van der Waals surface area contributed by atoms with Crippen LogP contribution in [-0.4, -0.2) is 15.8 Å². The first-order valence-corrected chi connectivity index (χ1v) is 10.7. The molecular formula is C26H25N3O3. The zero-order valence-corrected chi connectivity index (χ0v) is 17.9. The fraction of sp³-hybridized carbons (Fsp3) is 0.192. The Morgan fingerprint density at radius 2 is 1.78 bits per heavy atom. The van der Waals surface area contributed by atoms with Crippen molar-refractivity contribution in [2.24, 2.45) is 0 Å². The van der Waals surface area contributed by atoms with E-state index >= 15 is 0 Å². The molecule has 0 radical (unpaired) electrons. The van der Waals surface area contributed by atoms with Gasteiger partial charge in [0.1, 0.15) is 0 Å². The van der Waals surface area contributed by atoms with Crippen LogP contribution in [0.25, 0.3) is 10.9 Å². The first-order valence-electron chi connectivity index (χ1n) is 10.7. The van der Waals surface area contributed by atoms with E-state index in [2.05, 4.69) is 29.4 Å². The monoisotopic (exact) mass is 427 g/mol. The number of aromatic amines is 1. The molecule has 32 heavy (non-hydrogen) atoms. The smallest absolute Gasteiger partial charge is 0.269 e. The van der Waals surface area contributed by atoms with Gasteiger partial charge in [0.2, 0.25) is 5.91 Å². The summed E-state index contributed by atoms with van der Waals surface area (Å²) >= 11 is 0. The number of fused-ring (bicyclic) bond motifs is 1. The Morgan fingerprint density at radius 3 is 2.47 bits per heavy atom. The highest BCUT2D eigenvalue weighted by molar-refractivity contribution is 5.88. The molecule has 3 aromatic carbocycles. The Labute approximate surface area is 186 Å². The van der Waals surface area contributed by atoms with Gasteiger partial charge < -0.3 is 10.3 Å². The maximum Gasteiger partial charge on any atom is 0.269 e. The lowest BCUT2D eigenvalue weighted by Gasteiger charge is -2.17. The molecule has 2 N–H and O–H groups in total. The molecule has 0 bridgehead atoms. The summed E-state index contributed by atoms with van der Waals surface area (Å²) in [6.45, 7) is 2.57. The summed E-state index contributed by atoms with van der Waals surface area (Å²) in [5.74, 6) is -0.300. The summed E-state index contributed by atoms with van der Waals surface area (Å²) in [5, 5.41) is 15.2. The number of carbonyl (C=O) groups is 1. The molecule has 162 valence electrons. The van der Waals surface area contributed by atoms with E-state index in [1.807, 2.05) is 42.6 Å². The lowest BCUT2D eigenvalue weighted by atomic mass is 9.87. The number of nitro groups is 1. The second-order valence-electron chi connectivity index (χ2n) is 7.80. The summed E-state index contributed by atoms with van der Waals surface area (Å²) in [6.07, 6.45) is 3.10. The van der Waals surface area contributed by atoms with Crippen molar-refractivity contribution in [3.63, 3.8) is 0 Å². The van der Waals surface area contributed by atoms with Crippen molar-refractivity contribution in [3.05, 3.63) is 111 Å². The second-order valence-corrected chi connectivity index (χ2v) is 7.80. The Kier molecular flexibility index (Phi) is 6.31. The highest BCUT2D eigenvalue weighted by Crippen LogP contribution is 2.35. The standard InChI is InChI=1S/C26H25N3O3/c1-2-19-9-6-10-22-24(17-28-26(19)22)23(20-11-13-21(14-12-20)29(31)32)15-25(30)27-16-18-7-4-3-5-8-18/h3-14,17,23,28H,2,15-16H2,1H3,(H,27,30)/t23-/m1/s1. The molecule has 0 aliphatic rings. The highest BCUT2D eigenvalue weighted by atomic mass is 16.6. The van der Waals surface area contributed by atoms with E-state index in [4.69, 9.17) is 0 Å². The lowest BCUT2D eigenvalue weighted by molar-refractivity contribution is -0.384. The van der Waals surface area contributed by atoms with Gasteiger partial charge in [-0.3, -0.25) is 14.9 Å². The van der Waals surface area contributed by atoms with Gasteiger partial charge in [0.15, 0.2) is 0 Å². The number of hydrogen-bond acceptors (Lipinski definition) is 3. The van der Waals surface area contributed by atoms with Crippen molar-refractivity contribution >= 4 is 22.5 Å². The van der Waals surface area contributed by atoms with Gasteiger partial charge in [-0.1, -0.05) is 67.6 Å². The lowest BCUT2D eigenvalue weighted by Crippen LogP contribution is -2.25. The first kappa shape index (κ1) is 21.3. The number of nitro benzene ring substituents is 1. The van der Waals surface area contributed by atoms with Crippen LogP contribution in [0.5, 0.6) is 0 Å². The van der Waals surface area contributed by atoms with E-state index in [0.29, 0.717) is 6.54 Å². The number of rotatable bonds is 8. The summed E-state index contributed by atoms with van der Waals surface area (Å²) in [6, 6.07) is 22.4. The van der Waals surface area contributed by atoms with Crippen molar-refractivity contribution in [3.8, 4) is 0 Å². The average Bonchev–Trinajstić information content (AvgIpc) is 3.26. The summed E-state index contributed by atoms with van der Waals surface area (Å²) in [5.41, 5.74) is 5.24. The number of carbonyl (C=O) groups excluding carboxylic acids is 1. The number of H-pyrrole nitrogens is 1. The SMILES string of the molecule is CCc1cccc2c([C@H](CC(=O)NCc3ccccc3)c3ccc([N+](=O)[O-])cc3)c[nH]c12. The number of non-ortho nitro benzene ring substituents is 1. The van der Waals surface area contributed by atoms with E-state index in [9.17, 15) is 14.9 Å². The number of nitrogens with one attached hydrogen (secondary N) is 2. The van der Waals surface area contributed by atoms with Crippen LogP contribution >= 0.6 is 0 Å². The van der Waals surface area contributed by atoms with Crippen LogP contribution in [0.1, 0.15) is 41.5 Å². The molecule has 0 aliphatic heterocycles. The van der Waals surface area contributed by atoms with E-state index in [-0.39, 0.29) is 23.9 Å². The average molecular weight is 428 g/mol. The van der Waals surface area contributed by atoms with Gasteiger partial charge >= 0.3 is 0 Å². The Balaban J connectivity index is 1.65. The van der Waals surface area contributed by atoms with Crippen molar-refractivity contribution in [2.75, 3.05) is 0 Å². The van der Waals surface area contributed by atoms with Gasteiger partial charge in [0.05, 0.1) is 4.92 Å². The third-order valence-corrected chi connectivity index (χ3v) is 5.82. The predicted molar refractivity (Wildman–Crippen MR) is 126 cm³/mol. The Morgan fingerprint density at radius 1 is 1.03 bits per heavy atom. The number of para-hydroxylation sites is 1. The molecule has 4 rings (SSSR count). The number of nitrogens with zero attached hydrogens (tertiary/aromatic N) is 1. The molecular weight excluding hydrogens is 402 g/mol. The molecule has 1 aromatic heterocycles. The third-order valence-electron chi connectivity index (χ3n) is 5.82. The minimum atomic E-state index is -0.412. The quantitative estimate of drug-likeness (QED) is 0.288. The molecule has 0 saturated carbocycles. The van der Waals surface area contributed by atoms with Crippen molar-refractivity contribution in [2.45, 2.75) is 32.2 Å². The van der Waals surface area contributed by atoms with Gasteiger partial charge in [-0.2, -0.15) is 0 Å². The van der Waals surface area contributed by atoms with Gasteiger partial charge in [-0.05, 0) is 28.7 Å². The Hall–Kier alpha value is -3.93. The fourth-order valence-corrected chi connectivity index (χ4v) is 4.11. The number of aromatic nitrogens is 1. The first-order chi connectivity index (χ1) is 15.6. The van der Waals surface area contributed by atoms with Crippen molar-refractivity contribution in [1.29, 1.82) is 0 Å². The van der Waals surface area contributed by atoms with Crippen LogP contribution in [0.3, 0.4) is 0 Å². The molecule has 4 aromatic rings. The van der Waals surface area contributed by atoms with Crippen LogP contribution in [0.15, 0.2) is 79.0 Å². The van der Waals surface area contributed by atoms with Crippen LogP contribution in [0.2, 0.25) is 0 Å². The molecule has 1 amide bonds. The van der Waals surface area contributed by atoms with E-state index in [1.165, 1.54) is 17.7 Å². The van der Waals surface area contributed by atoms with Crippen LogP contribution in [0, 0.1) is 10.1 Å². The second kappa shape index (κ2) is 9.47. The van der Waals surface area contributed by atoms with Crippen LogP contribution in [-0.2, 0) is 17.8 Å². The molecule has 1 heterocycles. The van der Waals surface area contributed by atoms with Crippen LogP contribution in [0.4, 0.5) is 5.69 Å². The van der Waals surface area contributed by atoms with E-state index < -0.39 is 4.92 Å². The molecule has 0 unspecified atom stereocenters. The molecule has 0 saturated heterocycles. The van der Waals surface area contributed by atoms with Gasteiger partial charge in [-0.25, -0.2) is 0 Å². The molecule has 6 heteroatoms. The van der Waals surface area contributed by atoms with Crippen molar-refractivity contribution < 1.29 is 9.72 Å². The molecule has 0 fully saturated rings. The maximum atomic E-state index is 12.9. The van der Waals surface area contributed by atoms with Gasteiger partial charge in [0.25, 0.3) is 5.69 Å². The number of amides is 1. The normalized spacial score (nSPS) is 11.9. The topological polar surface area (TPSA) is 88.0 Å². The van der Waals surface area contributed by atoms with Crippen molar-refractivity contribution in [1.82, 2.24) is 10.3 Å². The largest absolute Gasteiger partial charge is 0.361 e. The Bertz CT molecular complexity index is 1230. The number of benzene rings is 3. The summed E-state index contributed by atoms with van der Waals surface area (Å²) in [4.78, 5) is 27.0. The van der Waals surface area contributed by atoms with Gasteiger partial charge in [-0.15, -0.1) is 0 Å². The number of aryl methyl sites for hydroxylation is 1. The predicted octanol–water partition coefficient (Wildman–Crippen LogP) is 5.48. The minimum Gasteiger partial charge on any atom is -0.361 e. The summed E-state index contributed by atoms with van der Waals surface area (Å²) < 4.78 is 0. The maximum absolute atomic E-state index is 12.9. The molecule has 0 spiro atoms. The van der Waals surface area contributed by atoms with E-state index in [0.717, 1.165) is 34.0 Å². The third kappa shape index (κ3) is 4.54. The fourth-order valence-electron chi connectivity index (χ4n) is 4.11. The van der Waals surface area contributed by atoms with Gasteiger partial charge in [0, 0.05) is 48.1 Å². The molecule has 0 aliphatic carbocycles. The van der Waals surface area contributed by atoms with E-state index in [1.54, 1.807) is 12.1 Å². The zero-order chi connectivity index (χ0) is 22.5. The minimum absolute atomic E-state index is 0.0354. The summed E-state index contributed by atoms with van der Waals surface area (Å²) in [7, 11) is 0. The molecule has 1 atom stereocenters. The van der Waals surface area contributed by atoms with Crippen LogP contribution < -0.4 is 5.32 Å². The zero-order valence-electron chi connectivity index (χ0n) is 17.9. The number of hydrogen-bond donors (Lipinski definition) is 2. The molecule has 6 nitrogen and oxygen atoms in total. The highest BCUT2D eigenvalue weighted by Gasteiger charge is 2.22.